The fraction of sp³-hybridized carbons (Fsp3) is 0.458. The number of morpholine rings is 1. The largest absolute Gasteiger partial charge is 0.494 e. The Morgan fingerprint density at radius 3 is 2.74 bits per heavy atom. The van der Waals surface area contributed by atoms with Gasteiger partial charge in [0.15, 0.2) is 0 Å². The number of rotatable bonds is 6. The SMILES string of the molecule is CCOc1ccc(NC(=O)N2CCc3c(sc4ncn(CCN5CCOCC5)c(=O)c34)C2)cc1. The third kappa shape index (κ3) is 4.79. The molecule has 0 bridgehead atoms. The van der Waals surface area contributed by atoms with Gasteiger partial charge in [0.05, 0.1) is 38.1 Å². The van der Waals surface area contributed by atoms with Crippen molar-refractivity contribution in [2.75, 3.05) is 51.3 Å². The Balaban J connectivity index is 1.27. The topological polar surface area (TPSA) is 88.9 Å². The molecule has 2 amide bonds. The summed E-state index contributed by atoms with van der Waals surface area (Å²) in [6.07, 6.45) is 2.31. The average molecular weight is 484 g/mol. The van der Waals surface area contributed by atoms with Crippen LogP contribution in [0.1, 0.15) is 17.4 Å². The van der Waals surface area contributed by atoms with Crippen molar-refractivity contribution in [1.82, 2.24) is 19.4 Å². The number of benzene rings is 1. The Morgan fingerprint density at radius 2 is 1.97 bits per heavy atom. The van der Waals surface area contributed by atoms with E-state index in [0.29, 0.717) is 32.7 Å². The number of nitrogens with one attached hydrogen (secondary N) is 1. The molecular formula is C24H29N5O4S. The predicted molar refractivity (Wildman–Crippen MR) is 132 cm³/mol. The highest BCUT2D eigenvalue weighted by atomic mass is 32.1. The van der Waals surface area contributed by atoms with Gasteiger partial charge in [-0.3, -0.25) is 14.3 Å². The van der Waals surface area contributed by atoms with Gasteiger partial charge < -0.3 is 19.7 Å². The van der Waals surface area contributed by atoms with E-state index in [1.807, 2.05) is 31.2 Å². The van der Waals surface area contributed by atoms with Gasteiger partial charge in [-0.05, 0) is 43.2 Å². The van der Waals surface area contributed by atoms with Crippen LogP contribution < -0.4 is 15.6 Å². The van der Waals surface area contributed by atoms with Crippen LogP contribution in [-0.2, 0) is 24.2 Å². The van der Waals surface area contributed by atoms with E-state index in [0.717, 1.165) is 64.9 Å². The minimum absolute atomic E-state index is 0.0167. The zero-order chi connectivity index (χ0) is 23.5. The molecule has 2 aromatic heterocycles. The maximum Gasteiger partial charge on any atom is 0.322 e. The van der Waals surface area contributed by atoms with Crippen LogP contribution in [0.3, 0.4) is 0 Å². The van der Waals surface area contributed by atoms with Gasteiger partial charge in [-0.25, -0.2) is 9.78 Å². The zero-order valence-electron chi connectivity index (χ0n) is 19.3. The molecule has 3 aromatic rings. The molecule has 0 spiro atoms. The molecule has 10 heteroatoms. The monoisotopic (exact) mass is 483 g/mol. The summed E-state index contributed by atoms with van der Waals surface area (Å²) in [4.78, 5) is 36.6. The molecule has 1 fully saturated rings. The number of amides is 2. The van der Waals surface area contributed by atoms with Gasteiger partial charge in [0, 0.05) is 43.3 Å². The summed E-state index contributed by atoms with van der Waals surface area (Å²) in [5.41, 5.74) is 1.78. The standard InChI is InChI=1S/C24H29N5O4S/c1-2-33-18-5-3-17(4-6-18)26-24(31)28-8-7-19-20(15-28)34-22-21(19)23(30)29(16-25-22)10-9-27-11-13-32-14-12-27/h3-6,16H,2,7-15H2,1H3,(H,26,31). The van der Waals surface area contributed by atoms with Crippen molar-refractivity contribution >= 4 is 33.3 Å². The number of hydrogen-bond donors (Lipinski definition) is 1. The highest BCUT2D eigenvalue weighted by Crippen LogP contribution is 2.32. The Labute approximate surface area is 201 Å². The summed E-state index contributed by atoms with van der Waals surface area (Å²) >= 11 is 1.51. The normalized spacial score (nSPS) is 16.4. The van der Waals surface area contributed by atoms with Crippen molar-refractivity contribution in [3.8, 4) is 5.75 Å². The van der Waals surface area contributed by atoms with Crippen molar-refractivity contribution in [3.63, 3.8) is 0 Å². The summed E-state index contributed by atoms with van der Waals surface area (Å²) in [5.74, 6) is 0.775. The molecule has 180 valence electrons. The minimum atomic E-state index is -0.150. The number of carbonyl (C=O) groups excluding carboxylic acids is 1. The van der Waals surface area contributed by atoms with Crippen LogP contribution in [-0.4, -0.2) is 71.4 Å². The minimum Gasteiger partial charge on any atom is -0.494 e. The number of anilines is 1. The van der Waals surface area contributed by atoms with E-state index in [4.69, 9.17) is 9.47 Å². The number of carbonyl (C=O) groups is 1. The van der Waals surface area contributed by atoms with E-state index >= 15 is 0 Å². The molecule has 1 aromatic carbocycles. The van der Waals surface area contributed by atoms with Crippen LogP contribution in [0, 0.1) is 0 Å². The number of fused-ring (bicyclic) bond motifs is 3. The lowest BCUT2D eigenvalue weighted by atomic mass is 10.1. The molecule has 0 atom stereocenters. The average Bonchev–Trinajstić information content (AvgIpc) is 3.24. The van der Waals surface area contributed by atoms with E-state index in [1.165, 1.54) is 11.3 Å². The van der Waals surface area contributed by atoms with Crippen LogP contribution in [0.4, 0.5) is 10.5 Å². The van der Waals surface area contributed by atoms with Gasteiger partial charge in [-0.2, -0.15) is 0 Å². The van der Waals surface area contributed by atoms with E-state index < -0.39 is 0 Å². The van der Waals surface area contributed by atoms with E-state index in [2.05, 4.69) is 15.2 Å². The lowest BCUT2D eigenvalue weighted by molar-refractivity contribution is 0.0362. The first-order chi connectivity index (χ1) is 16.6. The van der Waals surface area contributed by atoms with Crippen molar-refractivity contribution < 1.29 is 14.3 Å². The Hall–Kier alpha value is -2.95. The van der Waals surface area contributed by atoms with Gasteiger partial charge >= 0.3 is 6.03 Å². The molecule has 9 nitrogen and oxygen atoms in total. The summed E-state index contributed by atoms with van der Waals surface area (Å²) in [6, 6.07) is 7.20. The van der Waals surface area contributed by atoms with Crippen molar-refractivity contribution in [3.05, 3.63) is 51.4 Å². The first-order valence-corrected chi connectivity index (χ1v) is 12.5. The van der Waals surface area contributed by atoms with Gasteiger partial charge in [0.1, 0.15) is 10.6 Å². The number of urea groups is 1. The third-order valence-corrected chi connectivity index (χ3v) is 7.42. The van der Waals surface area contributed by atoms with Gasteiger partial charge in [0.2, 0.25) is 0 Å². The smallest absolute Gasteiger partial charge is 0.322 e. The first kappa shape index (κ1) is 22.8. The van der Waals surface area contributed by atoms with Crippen LogP contribution in [0.15, 0.2) is 35.4 Å². The molecule has 0 saturated carbocycles. The zero-order valence-corrected chi connectivity index (χ0v) is 20.1. The highest BCUT2D eigenvalue weighted by Gasteiger charge is 2.26. The Morgan fingerprint density at radius 1 is 1.18 bits per heavy atom. The Kier molecular flexibility index (Phi) is 6.80. The number of thiophene rings is 1. The molecule has 2 aliphatic heterocycles. The maximum atomic E-state index is 13.2. The van der Waals surface area contributed by atoms with Crippen LogP contribution in [0.25, 0.3) is 10.2 Å². The number of nitrogens with zero attached hydrogens (tertiary/aromatic N) is 4. The number of aromatic nitrogens is 2. The van der Waals surface area contributed by atoms with Gasteiger partial charge in [-0.15, -0.1) is 11.3 Å². The molecule has 1 N–H and O–H groups in total. The summed E-state index contributed by atoms with van der Waals surface area (Å²) < 4.78 is 12.6. The van der Waals surface area contributed by atoms with E-state index in [1.54, 1.807) is 15.8 Å². The molecule has 4 heterocycles. The maximum absolute atomic E-state index is 13.2. The Bertz CT molecular complexity index is 1220. The molecule has 34 heavy (non-hydrogen) atoms. The van der Waals surface area contributed by atoms with Crippen molar-refractivity contribution in [2.24, 2.45) is 0 Å². The van der Waals surface area contributed by atoms with Crippen LogP contribution >= 0.6 is 11.3 Å². The van der Waals surface area contributed by atoms with Crippen LogP contribution in [0.2, 0.25) is 0 Å². The summed E-state index contributed by atoms with van der Waals surface area (Å²) in [7, 11) is 0. The molecule has 0 radical (unpaired) electrons. The van der Waals surface area contributed by atoms with Crippen molar-refractivity contribution in [2.45, 2.75) is 26.4 Å². The fourth-order valence-corrected chi connectivity index (χ4v) is 5.62. The number of hydrogen-bond acceptors (Lipinski definition) is 7. The second kappa shape index (κ2) is 10.1. The second-order valence-corrected chi connectivity index (χ2v) is 9.52. The molecular weight excluding hydrogens is 454 g/mol. The second-order valence-electron chi connectivity index (χ2n) is 8.44. The molecule has 5 rings (SSSR count). The molecule has 2 aliphatic rings. The first-order valence-electron chi connectivity index (χ1n) is 11.7. The predicted octanol–water partition coefficient (Wildman–Crippen LogP) is 2.78. The molecule has 0 unspecified atom stereocenters. The fourth-order valence-electron chi connectivity index (χ4n) is 4.43. The van der Waals surface area contributed by atoms with Crippen LogP contribution in [0.5, 0.6) is 5.75 Å². The summed E-state index contributed by atoms with van der Waals surface area (Å²) in [6.45, 7) is 8.27. The molecule has 0 aliphatic carbocycles. The lowest BCUT2D eigenvalue weighted by Gasteiger charge is -2.27. The van der Waals surface area contributed by atoms with E-state index in [-0.39, 0.29) is 11.6 Å². The molecule has 1 saturated heterocycles. The highest BCUT2D eigenvalue weighted by molar-refractivity contribution is 7.18. The van der Waals surface area contributed by atoms with Gasteiger partial charge in [-0.1, -0.05) is 0 Å². The number of ether oxygens (including phenoxy) is 2. The third-order valence-electron chi connectivity index (χ3n) is 6.29. The summed E-state index contributed by atoms with van der Waals surface area (Å²) in [5, 5.41) is 3.67. The van der Waals surface area contributed by atoms with Crippen molar-refractivity contribution in [1.29, 1.82) is 0 Å². The lowest BCUT2D eigenvalue weighted by Crippen LogP contribution is -2.39. The van der Waals surface area contributed by atoms with E-state index in [9.17, 15) is 9.59 Å². The quantitative estimate of drug-likeness (QED) is 0.580. The van der Waals surface area contributed by atoms with Gasteiger partial charge in [0.25, 0.3) is 5.56 Å².